The summed E-state index contributed by atoms with van der Waals surface area (Å²) < 4.78 is 34.5. The summed E-state index contributed by atoms with van der Waals surface area (Å²) in [6.45, 7) is 3.73. The maximum absolute atomic E-state index is 13.1. The lowest BCUT2D eigenvalue weighted by atomic mass is 9.98. The molecule has 0 aromatic carbocycles. The topological polar surface area (TPSA) is 214 Å². The molecule has 0 amide bonds. The monoisotopic (exact) mass is 1120 g/mol. The van der Waals surface area contributed by atoms with Gasteiger partial charge >= 0.3 is 5.97 Å². The third-order valence-corrected chi connectivity index (χ3v) is 15.7. The SMILES string of the molecule is CCCCCCC/C=C\C/C=C\C/C=C\CCCCCCCCCCCCC(=O)OC(COCCCCCCCCCCCCCCCCCCCCCC)COC1OC(COC2OC(CO)C(O)C(O)C2O)C(O)C(O)C1O. The number of hydrogen-bond donors (Lipinski definition) is 7. The van der Waals surface area contributed by atoms with Crippen molar-refractivity contribution in [1.82, 2.24) is 0 Å². The number of carbonyl (C=O) groups excluding carboxylic acids is 1. The zero-order valence-electron chi connectivity index (χ0n) is 50.1. The average Bonchev–Trinajstić information content (AvgIpc) is 3.46. The average molecular weight is 1130 g/mol. The molecule has 2 saturated heterocycles. The van der Waals surface area contributed by atoms with Crippen molar-refractivity contribution in [2.75, 3.05) is 33.0 Å². The number of rotatable bonds is 54. The van der Waals surface area contributed by atoms with Crippen LogP contribution in [0.4, 0.5) is 0 Å². The highest BCUT2D eigenvalue weighted by atomic mass is 16.7. The van der Waals surface area contributed by atoms with Crippen molar-refractivity contribution in [3.05, 3.63) is 36.5 Å². The summed E-state index contributed by atoms with van der Waals surface area (Å²) in [5.74, 6) is -0.375. The summed E-state index contributed by atoms with van der Waals surface area (Å²) in [6, 6.07) is 0. The third-order valence-electron chi connectivity index (χ3n) is 15.7. The van der Waals surface area contributed by atoms with E-state index >= 15 is 0 Å². The van der Waals surface area contributed by atoms with Gasteiger partial charge in [-0.1, -0.05) is 249 Å². The molecule has 0 radical (unpaired) electrons. The van der Waals surface area contributed by atoms with Crippen molar-refractivity contribution < 1.29 is 69.0 Å². The van der Waals surface area contributed by atoms with E-state index in [1.54, 1.807) is 0 Å². The highest BCUT2D eigenvalue weighted by Crippen LogP contribution is 2.27. The number of ether oxygens (including phenoxy) is 6. The Morgan fingerprint density at radius 1 is 0.418 bits per heavy atom. The lowest BCUT2D eigenvalue weighted by Crippen LogP contribution is -2.61. The van der Waals surface area contributed by atoms with E-state index in [4.69, 9.17) is 28.4 Å². The van der Waals surface area contributed by atoms with Crippen LogP contribution in [-0.2, 0) is 33.2 Å². The fraction of sp³-hybridized carbons (Fsp3) is 0.892. The van der Waals surface area contributed by atoms with Crippen LogP contribution in [0, 0.1) is 0 Å². The van der Waals surface area contributed by atoms with Crippen molar-refractivity contribution in [1.29, 1.82) is 0 Å². The summed E-state index contributed by atoms with van der Waals surface area (Å²) in [7, 11) is 0. The van der Waals surface area contributed by atoms with Gasteiger partial charge in [0.05, 0.1) is 26.4 Å². The molecule has 0 aliphatic carbocycles. The minimum Gasteiger partial charge on any atom is -0.457 e. The normalized spacial score (nSPS) is 24.2. The number of unbranched alkanes of at least 4 members (excludes halogenated alkanes) is 34. The van der Waals surface area contributed by atoms with Gasteiger partial charge in [-0.3, -0.25) is 4.79 Å². The molecule has 14 nitrogen and oxygen atoms in total. The van der Waals surface area contributed by atoms with Gasteiger partial charge in [0.1, 0.15) is 54.9 Å². The van der Waals surface area contributed by atoms with Crippen LogP contribution in [-0.4, -0.2) is 142 Å². The molecule has 0 bridgehead atoms. The fourth-order valence-corrected chi connectivity index (χ4v) is 10.4. The van der Waals surface area contributed by atoms with Crippen molar-refractivity contribution in [3.63, 3.8) is 0 Å². The van der Waals surface area contributed by atoms with Crippen molar-refractivity contribution in [2.24, 2.45) is 0 Å². The molecule has 2 aliphatic heterocycles. The Balaban J connectivity index is 1.67. The van der Waals surface area contributed by atoms with E-state index < -0.39 is 80.7 Å². The minimum atomic E-state index is -1.71. The van der Waals surface area contributed by atoms with Crippen LogP contribution in [0.2, 0.25) is 0 Å². The first kappa shape index (κ1) is 73.3. The Morgan fingerprint density at radius 3 is 1.23 bits per heavy atom. The summed E-state index contributed by atoms with van der Waals surface area (Å²) in [5.41, 5.74) is 0. The van der Waals surface area contributed by atoms with Gasteiger partial charge in [0.25, 0.3) is 0 Å². The molecule has 464 valence electrons. The molecule has 2 fully saturated rings. The maximum atomic E-state index is 13.1. The number of allylic oxidation sites excluding steroid dienone is 6. The zero-order chi connectivity index (χ0) is 57.2. The molecule has 11 atom stereocenters. The first-order chi connectivity index (χ1) is 38.6. The number of esters is 1. The van der Waals surface area contributed by atoms with Gasteiger partial charge in [0.2, 0.25) is 0 Å². The Bertz CT molecular complexity index is 1450. The van der Waals surface area contributed by atoms with Gasteiger partial charge < -0.3 is 64.2 Å². The summed E-state index contributed by atoms with van der Waals surface area (Å²) >= 11 is 0. The first-order valence-corrected chi connectivity index (χ1v) is 32.6. The number of hydrogen-bond acceptors (Lipinski definition) is 14. The Hall–Kier alpha value is -1.79. The molecular weight excluding hydrogens is 1000 g/mol. The summed E-state index contributed by atoms with van der Waals surface area (Å²) in [5, 5.41) is 72.5. The highest BCUT2D eigenvalue weighted by Gasteiger charge is 2.47. The Kier molecular flexibility index (Phi) is 48.1. The van der Waals surface area contributed by atoms with Crippen LogP contribution in [0.3, 0.4) is 0 Å². The number of aliphatic hydroxyl groups excluding tert-OH is 7. The van der Waals surface area contributed by atoms with E-state index in [2.05, 4.69) is 50.3 Å². The molecule has 11 unspecified atom stereocenters. The summed E-state index contributed by atoms with van der Waals surface area (Å²) in [6.07, 6.45) is 46.3. The van der Waals surface area contributed by atoms with Gasteiger partial charge in [-0.15, -0.1) is 0 Å². The van der Waals surface area contributed by atoms with E-state index in [1.807, 2.05) is 0 Å². The lowest BCUT2D eigenvalue weighted by Gasteiger charge is -2.42. The maximum Gasteiger partial charge on any atom is 0.306 e. The Labute approximate surface area is 480 Å². The van der Waals surface area contributed by atoms with Crippen molar-refractivity contribution in [2.45, 2.75) is 338 Å². The fourth-order valence-electron chi connectivity index (χ4n) is 10.4. The zero-order valence-corrected chi connectivity index (χ0v) is 50.1. The predicted octanol–water partition coefficient (Wildman–Crippen LogP) is 12.9. The minimum absolute atomic E-state index is 0.0639. The van der Waals surface area contributed by atoms with Gasteiger partial charge in [-0.25, -0.2) is 0 Å². The van der Waals surface area contributed by atoms with Crippen molar-refractivity contribution in [3.8, 4) is 0 Å². The van der Waals surface area contributed by atoms with Gasteiger partial charge in [-0.05, 0) is 51.4 Å². The van der Waals surface area contributed by atoms with Crippen LogP contribution in [0.1, 0.15) is 271 Å². The van der Waals surface area contributed by atoms with Gasteiger partial charge in [-0.2, -0.15) is 0 Å². The number of carbonyl (C=O) groups is 1. The molecule has 0 aromatic rings. The molecule has 2 aliphatic rings. The molecule has 2 rings (SSSR count). The molecule has 14 heteroatoms. The van der Waals surface area contributed by atoms with E-state index in [9.17, 15) is 40.5 Å². The molecule has 0 aromatic heterocycles. The van der Waals surface area contributed by atoms with Crippen LogP contribution in [0.5, 0.6) is 0 Å². The first-order valence-electron chi connectivity index (χ1n) is 32.6. The lowest BCUT2D eigenvalue weighted by molar-refractivity contribution is -0.332. The molecule has 0 saturated carbocycles. The molecular formula is C65H120O14. The third kappa shape index (κ3) is 37.9. The van der Waals surface area contributed by atoms with Crippen LogP contribution < -0.4 is 0 Å². The van der Waals surface area contributed by atoms with E-state index in [1.165, 1.54) is 186 Å². The molecule has 79 heavy (non-hydrogen) atoms. The standard InChI is InChI=1S/C65H120O14/c1-3-5-7-9-11-13-15-17-19-21-23-25-26-27-28-29-30-32-34-36-38-40-42-44-46-48-57(67)77-54(51-74-49-47-45-43-41-39-37-35-33-31-24-22-20-18-16-14-12-10-8-6-4-2)52-75-64-63(73)61(71)59(69)56(79-64)53-76-65-62(72)60(70)58(68)55(50-66)78-65/h15,17,21,23,26-27,54-56,58-66,68-73H,3-14,16,18-20,22,24-25,28-53H2,1-2H3/b17-15-,23-21-,27-26-. The van der Waals surface area contributed by atoms with E-state index in [-0.39, 0.29) is 25.6 Å². The highest BCUT2D eigenvalue weighted by molar-refractivity contribution is 5.69. The second kappa shape index (κ2) is 51.8. The van der Waals surface area contributed by atoms with Crippen LogP contribution >= 0.6 is 0 Å². The Morgan fingerprint density at radius 2 is 0.785 bits per heavy atom. The smallest absolute Gasteiger partial charge is 0.306 e. The number of aliphatic hydroxyl groups is 7. The van der Waals surface area contributed by atoms with E-state index in [0.717, 1.165) is 57.8 Å². The van der Waals surface area contributed by atoms with Crippen LogP contribution in [0.15, 0.2) is 36.5 Å². The van der Waals surface area contributed by atoms with Crippen LogP contribution in [0.25, 0.3) is 0 Å². The molecule has 7 N–H and O–H groups in total. The van der Waals surface area contributed by atoms with Gasteiger partial charge in [0.15, 0.2) is 12.6 Å². The molecule has 2 heterocycles. The second-order valence-corrected chi connectivity index (χ2v) is 22.9. The quantitative estimate of drug-likeness (QED) is 0.0172. The molecule has 0 spiro atoms. The second-order valence-electron chi connectivity index (χ2n) is 22.9. The van der Waals surface area contributed by atoms with E-state index in [0.29, 0.717) is 13.0 Å². The largest absolute Gasteiger partial charge is 0.457 e. The van der Waals surface area contributed by atoms with Crippen molar-refractivity contribution >= 4 is 5.97 Å². The van der Waals surface area contributed by atoms with Gasteiger partial charge in [0, 0.05) is 13.0 Å². The predicted molar refractivity (Wildman–Crippen MR) is 316 cm³/mol. The summed E-state index contributed by atoms with van der Waals surface area (Å²) in [4.78, 5) is 13.1.